The fraction of sp³-hybridized carbons (Fsp3) is 0.458. The van der Waals surface area contributed by atoms with E-state index in [2.05, 4.69) is 10.0 Å². The first kappa shape index (κ1) is 27.3. The lowest BCUT2D eigenvalue weighted by atomic mass is 10.1. The van der Waals surface area contributed by atoms with Crippen molar-refractivity contribution in [1.29, 1.82) is 0 Å². The molecule has 0 bridgehead atoms. The summed E-state index contributed by atoms with van der Waals surface area (Å²) < 4.78 is 59.4. The first-order valence-corrected chi connectivity index (χ1v) is 14.4. The molecule has 0 unspecified atom stereocenters. The number of hydrogen-bond acceptors (Lipinski definition) is 6. The molecule has 2 aromatic carbocycles. The van der Waals surface area contributed by atoms with Crippen LogP contribution in [0.5, 0.6) is 0 Å². The number of hydrogen-bond donors (Lipinski definition) is 2. The number of nitrogens with one attached hydrogen (secondary N) is 2. The van der Waals surface area contributed by atoms with Crippen LogP contribution in [0.25, 0.3) is 0 Å². The van der Waals surface area contributed by atoms with Crippen molar-refractivity contribution in [2.45, 2.75) is 55.5 Å². The second kappa shape index (κ2) is 11.2. The Bertz CT molecular complexity index is 1210. The van der Waals surface area contributed by atoms with E-state index < -0.39 is 25.6 Å². The molecular weight excluding hydrogens is 490 g/mol. The van der Waals surface area contributed by atoms with Gasteiger partial charge in [0.2, 0.25) is 26.0 Å². The number of ether oxygens (including phenoxy) is 1. The molecule has 0 spiro atoms. The highest BCUT2D eigenvalue weighted by Crippen LogP contribution is 2.18. The van der Waals surface area contributed by atoms with E-state index >= 15 is 0 Å². The molecule has 1 saturated heterocycles. The van der Waals surface area contributed by atoms with Crippen molar-refractivity contribution in [2.24, 2.45) is 0 Å². The van der Waals surface area contributed by atoms with E-state index in [1.54, 1.807) is 57.2 Å². The number of carbonyl (C=O) groups excluding carboxylic acids is 1. The number of aryl methyl sites for hydroxylation is 1. The van der Waals surface area contributed by atoms with Crippen LogP contribution in [0.2, 0.25) is 0 Å². The number of nitrogens with zero attached hydrogens (tertiary/aromatic N) is 1. The Morgan fingerprint density at radius 1 is 0.886 bits per heavy atom. The van der Waals surface area contributed by atoms with Gasteiger partial charge >= 0.3 is 0 Å². The number of rotatable bonds is 9. The zero-order valence-electron chi connectivity index (χ0n) is 20.3. The van der Waals surface area contributed by atoms with Crippen LogP contribution in [-0.2, 0) is 42.5 Å². The van der Waals surface area contributed by atoms with Crippen molar-refractivity contribution in [3.63, 3.8) is 0 Å². The van der Waals surface area contributed by atoms with Crippen LogP contribution in [-0.4, -0.2) is 58.9 Å². The van der Waals surface area contributed by atoms with E-state index in [9.17, 15) is 21.6 Å². The Morgan fingerprint density at radius 3 is 2.00 bits per heavy atom. The highest BCUT2D eigenvalue weighted by Gasteiger charge is 2.26. The van der Waals surface area contributed by atoms with Crippen molar-refractivity contribution >= 4 is 26.0 Å². The van der Waals surface area contributed by atoms with Gasteiger partial charge in [0.15, 0.2) is 0 Å². The number of morpholine rings is 1. The highest BCUT2D eigenvalue weighted by atomic mass is 32.2. The molecule has 1 aliphatic heterocycles. The minimum absolute atomic E-state index is 0.152. The molecule has 2 aromatic rings. The summed E-state index contributed by atoms with van der Waals surface area (Å²) in [4.78, 5) is 12.7. The predicted molar refractivity (Wildman–Crippen MR) is 133 cm³/mol. The molecule has 3 rings (SSSR count). The van der Waals surface area contributed by atoms with Gasteiger partial charge in [-0.3, -0.25) is 4.79 Å². The first-order chi connectivity index (χ1) is 16.4. The third kappa shape index (κ3) is 7.84. The molecule has 0 saturated carbocycles. The molecule has 1 amide bonds. The maximum Gasteiger partial charge on any atom is 0.243 e. The van der Waals surface area contributed by atoms with E-state index in [4.69, 9.17) is 4.74 Å². The predicted octanol–water partition coefficient (Wildman–Crippen LogP) is 2.03. The molecular formula is C24H33N3O6S2. The second-order valence-corrected chi connectivity index (χ2v) is 13.1. The van der Waals surface area contributed by atoms with Gasteiger partial charge in [-0.15, -0.1) is 0 Å². The van der Waals surface area contributed by atoms with Gasteiger partial charge in [0.25, 0.3) is 0 Å². The molecule has 0 atom stereocenters. The highest BCUT2D eigenvalue weighted by molar-refractivity contribution is 7.89. The maximum atomic E-state index is 12.7. The van der Waals surface area contributed by atoms with Gasteiger partial charge < -0.3 is 10.1 Å². The lowest BCUT2D eigenvalue weighted by Gasteiger charge is -2.26. The lowest BCUT2D eigenvalue weighted by molar-refractivity contribution is -0.121. The van der Waals surface area contributed by atoms with Crippen LogP contribution in [0.4, 0.5) is 0 Å². The average Bonchev–Trinajstić information content (AvgIpc) is 2.81. The number of benzene rings is 2. The van der Waals surface area contributed by atoms with E-state index in [-0.39, 0.29) is 28.7 Å². The standard InChI is InChI=1S/C24H33N3O6S2/c1-24(2,3)26-34(29,30)21-9-4-19(5-10-21)8-13-23(28)25-18-20-6-11-22(12-7-20)35(31,32)27-14-16-33-17-15-27/h4-7,9-12,26H,8,13-18H2,1-3H3,(H,25,28). The molecule has 9 nitrogen and oxygen atoms in total. The monoisotopic (exact) mass is 523 g/mol. The van der Waals surface area contributed by atoms with Crippen LogP contribution < -0.4 is 10.0 Å². The molecule has 1 aliphatic rings. The second-order valence-electron chi connectivity index (χ2n) is 9.44. The zero-order valence-corrected chi connectivity index (χ0v) is 21.9. The van der Waals surface area contributed by atoms with Gasteiger partial charge in [0.1, 0.15) is 0 Å². The fourth-order valence-electron chi connectivity index (χ4n) is 3.56. The van der Waals surface area contributed by atoms with Gasteiger partial charge in [-0.05, 0) is 62.6 Å². The van der Waals surface area contributed by atoms with Gasteiger partial charge in [-0.25, -0.2) is 21.6 Å². The van der Waals surface area contributed by atoms with Gasteiger partial charge in [-0.2, -0.15) is 4.31 Å². The number of amides is 1. The number of sulfonamides is 2. The van der Waals surface area contributed by atoms with Crippen LogP contribution in [0, 0.1) is 0 Å². The Balaban J connectivity index is 1.48. The molecule has 1 heterocycles. The largest absolute Gasteiger partial charge is 0.379 e. The van der Waals surface area contributed by atoms with Crippen molar-refractivity contribution in [3.8, 4) is 0 Å². The van der Waals surface area contributed by atoms with Gasteiger partial charge in [-0.1, -0.05) is 24.3 Å². The summed E-state index contributed by atoms with van der Waals surface area (Å²) in [6.45, 7) is 7.07. The molecule has 0 radical (unpaired) electrons. The summed E-state index contributed by atoms with van der Waals surface area (Å²) in [6.07, 6.45) is 0.714. The Morgan fingerprint density at radius 2 is 1.43 bits per heavy atom. The van der Waals surface area contributed by atoms with Crippen molar-refractivity contribution in [2.75, 3.05) is 26.3 Å². The number of carbonyl (C=O) groups is 1. The Labute approximate surface area is 208 Å². The topological polar surface area (TPSA) is 122 Å². The molecule has 192 valence electrons. The van der Waals surface area contributed by atoms with Crippen LogP contribution in [0.1, 0.15) is 38.3 Å². The summed E-state index contributed by atoms with van der Waals surface area (Å²) in [5.41, 5.74) is 1.07. The van der Waals surface area contributed by atoms with Crippen molar-refractivity contribution in [3.05, 3.63) is 59.7 Å². The Hall–Kier alpha value is -2.31. The molecule has 2 N–H and O–H groups in total. The summed E-state index contributed by atoms with van der Waals surface area (Å²) in [5.74, 6) is -0.152. The first-order valence-electron chi connectivity index (χ1n) is 11.4. The third-order valence-electron chi connectivity index (χ3n) is 5.34. The summed E-state index contributed by atoms with van der Waals surface area (Å²) in [7, 11) is -7.15. The SMILES string of the molecule is CC(C)(C)NS(=O)(=O)c1ccc(CCC(=O)NCc2ccc(S(=O)(=O)N3CCOCC3)cc2)cc1. The molecule has 0 aliphatic carbocycles. The summed E-state index contributed by atoms with van der Waals surface area (Å²) >= 11 is 0. The smallest absolute Gasteiger partial charge is 0.243 e. The average molecular weight is 524 g/mol. The normalized spacial score (nSPS) is 15.6. The van der Waals surface area contributed by atoms with Crippen molar-refractivity contribution < 1.29 is 26.4 Å². The molecule has 11 heteroatoms. The van der Waals surface area contributed by atoms with Gasteiger partial charge in [0, 0.05) is 31.6 Å². The lowest BCUT2D eigenvalue weighted by Crippen LogP contribution is -2.40. The zero-order chi connectivity index (χ0) is 25.7. The van der Waals surface area contributed by atoms with E-state index in [1.807, 2.05) is 0 Å². The van der Waals surface area contributed by atoms with E-state index in [0.717, 1.165) is 11.1 Å². The summed E-state index contributed by atoms with van der Waals surface area (Å²) in [6, 6.07) is 13.0. The fourth-order valence-corrected chi connectivity index (χ4v) is 6.39. The van der Waals surface area contributed by atoms with Crippen LogP contribution in [0.3, 0.4) is 0 Å². The molecule has 35 heavy (non-hydrogen) atoms. The van der Waals surface area contributed by atoms with Gasteiger partial charge in [0.05, 0.1) is 23.0 Å². The van der Waals surface area contributed by atoms with Crippen LogP contribution in [0.15, 0.2) is 58.3 Å². The van der Waals surface area contributed by atoms with E-state index in [1.165, 1.54) is 16.4 Å². The molecule has 1 fully saturated rings. The van der Waals surface area contributed by atoms with Crippen LogP contribution >= 0.6 is 0 Å². The minimum atomic E-state index is -3.60. The third-order valence-corrected chi connectivity index (χ3v) is 9.02. The Kier molecular flexibility index (Phi) is 8.71. The van der Waals surface area contributed by atoms with Crippen molar-refractivity contribution in [1.82, 2.24) is 14.3 Å². The van der Waals surface area contributed by atoms with E-state index in [0.29, 0.717) is 32.7 Å². The quantitative estimate of drug-likeness (QED) is 0.519. The minimum Gasteiger partial charge on any atom is -0.379 e. The summed E-state index contributed by atoms with van der Waals surface area (Å²) in [5, 5.41) is 2.83. The molecule has 0 aromatic heterocycles. The maximum absolute atomic E-state index is 12.7.